The molecule has 1 aromatic heterocycles. The summed E-state index contributed by atoms with van der Waals surface area (Å²) in [7, 11) is -2.96. The highest BCUT2D eigenvalue weighted by Crippen LogP contribution is 2.28. The van der Waals surface area contributed by atoms with Crippen LogP contribution >= 0.6 is 11.3 Å². The number of nitrogens with zero attached hydrogens (tertiary/aromatic N) is 2. The van der Waals surface area contributed by atoms with Crippen molar-refractivity contribution in [2.45, 2.75) is 39.3 Å². The summed E-state index contributed by atoms with van der Waals surface area (Å²) in [4.78, 5) is 9.89. The van der Waals surface area contributed by atoms with Crippen molar-refractivity contribution in [3.63, 3.8) is 0 Å². The Balaban J connectivity index is 2.07. The van der Waals surface area contributed by atoms with E-state index in [1.165, 1.54) is 16.0 Å². The predicted molar refractivity (Wildman–Crippen MR) is 117 cm³/mol. The molecule has 0 saturated carbocycles. The van der Waals surface area contributed by atoms with Gasteiger partial charge in [0.25, 0.3) is 0 Å². The number of ether oxygens (including phenoxy) is 1. The van der Waals surface area contributed by atoms with Crippen LogP contribution in [0.15, 0.2) is 17.1 Å². The number of morpholine rings is 1. The minimum absolute atomic E-state index is 0.0262. The number of hydrogen-bond donors (Lipinski definition) is 2. The van der Waals surface area contributed by atoms with Gasteiger partial charge in [-0.15, -0.1) is 11.3 Å². The Morgan fingerprint density at radius 1 is 1.36 bits per heavy atom. The van der Waals surface area contributed by atoms with E-state index in [4.69, 9.17) is 9.73 Å². The van der Waals surface area contributed by atoms with Crippen LogP contribution in [0.25, 0.3) is 0 Å². The quantitative estimate of drug-likeness (QED) is 0.459. The maximum Gasteiger partial charge on any atom is 0.191 e. The van der Waals surface area contributed by atoms with Crippen LogP contribution in [0.4, 0.5) is 0 Å². The summed E-state index contributed by atoms with van der Waals surface area (Å²) in [6, 6.07) is 4.61. The average Bonchev–Trinajstić information content (AvgIpc) is 3.07. The van der Waals surface area contributed by atoms with Crippen molar-refractivity contribution in [3.8, 4) is 0 Å². The lowest BCUT2D eigenvalue weighted by atomic mass is 10.2. The van der Waals surface area contributed by atoms with Crippen LogP contribution in [0, 0.1) is 6.92 Å². The Bertz CT molecular complexity index is 727. The van der Waals surface area contributed by atoms with Gasteiger partial charge in [0.1, 0.15) is 9.84 Å². The van der Waals surface area contributed by atoms with E-state index in [1.54, 1.807) is 0 Å². The number of guanidine groups is 1. The molecule has 2 unspecified atom stereocenters. The summed E-state index contributed by atoms with van der Waals surface area (Å²) in [6.45, 7) is 10.9. The molecular weight excluding hydrogens is 396 g/mol. The lowest BCUT2D eigenvalue weighted by Crippen LogP contribution is -2.44. The second-order valence-corrected chi connectivity index (χ2v) is 10.9. The van der Waals surface area contributed by atoms with Gasteiger partial charge in [0.15, 0.2) is 5.96 Å². The molecule has 2 atom stereocenters. The van der Waals surface area contributed by atoms with Gasteiger partial charge < -0.3 is 15.4 Å². The summed E-state index contributed by atoms with van der Waals surface area (Å²) >= 11 is 1.82. The van der Waals surface area contributed by atoms with Crippen molar-refractivity contribution in [1.82, 2.24) is 15.5 Å². The molecule has 160 valence electrons. The number of sulfone groups is 1. The third kappa shape index (κ3) is 8.06. The zero-order chi connectivity index (χ0) is 20.6. The van der Waals surface area contributed by atoms with Gasteiger partial charge in [0.2, 0.25) is 0 Å². The van der Waals surface area contributed by atoms with Crippen LogP contribution in [0.1, 0.15) is 36.1 Å². The van der Waals surface area contributed by atoms with E-state index in [2.05, 4.69) is 34.6 Å². The third-order valence-corrected chi connectivity index (χ3v) is 6.73. The van der Waals surface area contributed by atoms with E-state index >= 15 is 0 Å². The maximum atomic E-state index is 11.4. The zero-order valence-corrected chi connectivity index (χ0v) is 19.0. The van der Waals surface area contributed by atoms with Crippen LogP contribution < -0.4 is 10.6 Å². The first-order valence-corrected chi connectivity index (χ1v) is 12.8. The fourth-order valence-electron chi connectivity index (χ4n) is 3.10. The summed E-state index contributed by atoms with van der Waals surface area (Å²) in [5.74, 6) is 0.904. The van der Waals surface area contributed by atoms with Gasteiger partial charge in [0, 0.05) is 41.7 Å². The molecule has 28 heavy (non-hydrogen) atoms. The molecule has 1 aliphatic heterocycles. The fourth-order valence-corrected chi connectivity index (χ4v) is 4.89. The second kappa shape index (κ2) is 11.1. The SMILES string of the molecule is CCNC(=NCC(c1ccc(C)s1)N1CCOCC1)NC(C)CCS(C)(=O)=O. The van der Waals surface area contributed by atoms with E-state index in [1.807, 2.05) is 25.2 Å². The normalized spacial score (nSPS) is 18.6. The molecule has 1 aromatic rings. The van der Waals surface area contributed by atoms with Crippen molar-refractivity contribution >= 4 is 27.1 Å². The number of aryl methyl sites for hydroxylation is 1. The first-order chi connectivity index (χ1) is 13.3. The maximum absolute atomic E-state index is 11.4. The van der Waals surface area contributed by atoms with Gasteiger partial charge in [-0.25, -0.2) is 8.42 Å². The minimum Gasteiger partial charge on any atom is -0.379 e. The summed E-state index contributed by atoms with van der Waals surface area (Å²) in [6.07, 6.45) is 1.83. The van der Waals surface area contributed by atoms with Crippen LogP contribution in [-0.2, 0) is 14.6 Å². The Morgan fingerprint density at radius 2 is 2.07 bits per heavy atom. The molecule has 0 aromatic carbocycles. The zero-order valence-electron chi connectivity index (χ0n) is 17.4. The highest BCUT2D eigenvalue weighted by atomic mass is 32.2. The monoisotopic (exact) mass is 430 g/mol. The van der Waals surface area contributed by atoms with E-state index in [-0.39, 0.29) is 17.8 Å². The van der Waals surface area contributed by atoms with Crippen LogP contribution in [0.5, 0.6) is 0 Å². The van der Waals surface area contributed by atoms with E-state index in [0.29, 0.717) is 13.0 Å². The molecule has 1 fully saturated rings. The van der Waals surface area contributed by atoms with Gasteiger partial charge in [-0.1, -0.05) is 0 Å². The Hall–Kier alpha value is -1.16. The largest absolute Gasteiger partial charge is 0.379 e. The first-order valence-electron chi connectivity index (χ1n) is 9.89. The molecule has 7 nitrogen and oxygen atoms in total. The van der Waals surface area contributed by atoms with Crippen molar-refractivity contribution in [2.24, 2.45) is 4.99 Å². The van der Waals surface area contributed by atoms with Crippen molar-refractivity contribution in [2.75, 3.05) is 51.4 Å². The Labute approximate surface area is 173 Å². The number of rotatable bonds is 9. The van der Waals surface area contributed by atoms with Crippen molar-refractivity contribution in [3.05, 3.63) is 21.9 Å². The molecule has 0 bridgehead atoms. The van der Waals surface area contributed by atoms with E-state index in [9.17, 15) is 8.42 Å². The molecular formula is C19H34N4O3S2. The topological polar surface area (TPSA) is 83.0 Å². The summed E-state index contributed by atoms with van der Waals surface area (Å²) in [5, 5.41) is 6.62. The summed E-state index contributed by atoms with van der Waals surface area (Å²) < 4.78 is 28.3. The van der Waals surface area contributed by atoms with Crippen molar-refractivity contribution < 1.29 is 13.2 Å². The lowest BCUT2D eigenvalue weighted by molar-refractivity contribution is 0.0186. The molecule has 2 heterocycles. The molecule has 2 rings (SSSR count). The average molecular weight is 431 g/mol. The molecule has 0 aliphatic carbocycles. The van der Waals surface area contributed by atoms with Gasteiger partial charge in [-0.3, -0.25) is 9.89 Å². The number of thiophene rings is 1. The lowest BCUT2D eigenvalue weighted by Gasteiger charge is -2.33. The van der Waals surface area contributed by atoms with Crippen molar-refractivity contribution in [1.29, 1.82) is 0 Å². The van der Waals surface area contributed by atoms with Gasteiger partial charge >= 0.3 is 0 Å². The van der Waals surface area contributed by atoms with Gasteiger partial charge in [-0.2, -0.15) is 0 Å². The summed E-state index contributed by atoms with van der Waals surface area (Å²) in [5.41, 5.74) is 0. The molecule has 0 amide bonds. The highest BCUT2D eigenvalue weighted by molar-refractivity contribution is 7.90. The molecule has 0 spiro atoms. The number of hydrogen-bond acceptors (Lipinski definition) is 6. The van der Waals surface area contributed by atoms with Gasteiger partial charge in [0.05, 0.1) is 31.6 Å². The molecule has 1 aliphatic rings. The van der Waals surface area contributed by atoms with Crippen LogP contribution in [0.3, 0.4) is 0 Å². The molecule has 1 saturated heterocycles. The fraction of sp³-hybridized carbons (Fsp3) is 0.737. The van der Waals surface area contributed by atoms with Crippen LogP contribution in [0.2, 0.25) is 0 Å². The molecule has 2 N–H and O–H groups in total. The third-order valence-electron chi connectivity index (χ3n) is 4.65. The minimum atomic E-state index is -2.96. The first kappa shape index (κ1) is 23.1. The Kier molecular flexibility index (Phi) is 9.20. The highest BCUT2D eigenvalue weighted by Gasteiger charge is 2.24. The number of aliphatic imine (C=N–C) groups is 1. The predicted octanol–water partition coefficient (Wildman–Crippen LogP) is 1.81. The molecule has 0 radical (unpaired) electrons. The Morgan fingerprint density at radius 3 is 2.64 bits per heavy atom. The standard InChI is InChI=1S/C19H34N4O3S2/c1-5-20-19(22-15(2)8-13-28(4,24)25)21-14-17(18-7-6-16(3)27-18)23-9-11-26-12-10-23/h6-7,15,17H,5,8-14H2,1-4H3,(H2,20,21,22). The van der Waals surface area contributed by atoms with Crippen LogP contribution in [-0.4, -0.2) is 76.7 Å². The second-order valence-electron chi connectivity index (χ2n) is 7.30. The smallest absolute Gasteiger partial charge is 0.191 e. The van der Waals surface area contributed by atoms with E-state index in [0.717, 1.165) is 38.8 Å². The van der Waals surface area contributed by atoms with E-state index < -0.39 is 9.84 Å². The number of nitrogens with one attached hydrogen (secondary N) is 2. The molecule has 9 heteroatoms. The van der Waals surface area contributed by atoms with Gasteiger partial charge in [-0.05, 0) is 39.3 Å².